The third-order valence-electron chi connectivity index (χ3n) is 4.44. The summed E-state index contributed by atoms with van der Waals surface area (Å²) in [6.45, 7) is 0. The Kier molecular flexibility index (Phi) is 4.27. The standard InChI is InChI=1S/C20H10F3NO4S/c21-16-7-10(8-17(22)18(16)23)24-29(27,28)11-5-6-14-15(9-11)20(26)13-4-2-1-3-12(13)19(14)25/h1-9,24H. The van der Waals surface area contributed by atoms with Crippen molar-refractivity contribution in [2.24, 2.45) is 0 Å². The van der Waals surface area contributed by atoms with Crippen LogP contribution in [0.15, 0.2) is 59.5 Å². The normalized spacial score (nSPS) is 13.1. The second-order valence-electron chi connectivity index (χ2n) is 6.27. The zero-order valence-corrected chi connectivity index (χ0v) is 15.2. The van der Waals surface area contributed by atoms with Crippen LogP contribution in [0.4, 0.5) is 18.9 Å². The smallest absolute Gasteiger partial charge is 0.261 e. The third-order valence-corrected chi connectivity index (χ3v) is 5.82. The van der Waals surface area contributed by atoms with E-state index in [2.05, 4.69) is 0 Å². The third kappa shape index (κ3) is 3.09. The van der Waals surface area contributed by atoms with Crippen LogP contribution in [0.25, 0.3) is 0 Å². The number of anilines is 1. The predicted molar refractivity (Wildman–Crippen MR) is 96.9 cm³/mol. The summed E-state index contributed by atoms with van der Waals surface area (Å²) < 4.78 is 66.8. The molecule has 9 heteroatoms. The van der Waals surface area contributed by atoms with Gasteiger partial charge in [-0.2, -0.15) is 0 Å². The Hall–Kier alpha value is -3.46. The van der Waals surface area contributed by atoms with Crippen LogP contribution in [-0.4, -0.2) is 20.0 Å². The molecular formula is C20H10F3NO4S. The van der Waals surface area contributed by atoms with Gasteiger partial charge >= 0.3 is 0 Å². The Morgan fingerprint density at radius 1 is 0.690 bits per heavy atom. The van der Waals surface area contributed by atoms with Gasteiger partial charge in [-0.05, 0) is 18.2 Å². The van der Waals surface area contributed by atoms with E-state index >= 15 is 0 Å². The zero-order valence-electron chi connectivity index (χ0n) is 14.4. The second kappa shape index (κ2) is 6.56. The molecule has 0 atom stereocenters. The fraction of sp³-hybridized carbons (Fsp3) is 0. The largest absolute Gasteiger partial charge is 0.289 e. The average molecular weight is 417 g/mol. The number of fused-ring (bicyclic) bond motifs is 2. The van der Waals surface area contributed by atoms with Gasteiger partial charge in [0.15, 0.2) is 29.0 Å². The number of hydrogen-bond acceptors (Lipinski definition) is 4. The molecule has 1 aliphatic rings. The number of carbonyl (C=O) groups excluding carboxylic acids is 2. The van der Waals surface area contributed by atoms with Crippen LogP contribution in [0.2, 0.25) is 0 Å². The minimum atomic E-state index is -4.38. The van der Waals surface area contributed by atoms with Crippen LogP contribution >= 0.6 is 0 Å². The Bertz CT molecular complexity index is 1300. The highest BCUT2D eigenvalue weighted by molar-refractivity contribution is 7.92. The fourth-order valence-electron chi connectivity index (χ4n) is 3.07. The molecule has 0 saturated carbocycles. The van der Waals surface area contributed by atoms with Gasteiger partial charge in [-0.25, -0.2) is 21.6 Å². The lowest BCUT2D eigenvalue weighted by molar-refractivity contribution is 0.0979. The molecule has 0 aliphatic heterocycles. The van der Waals surface area contributed by atoms with E-state index in [1.807, 2.05) is 4.72 Å². The first-order valence-corrected chi connectivity index (χ1v) is 9.67. The van der Waals surface area contributed by atoms with Crippen LogP contribution in [0.3, 0.4) is 0 Å². The lowest BCUT2D eigenvalue weighted by atomic mass is 9.84. The molecule has 0 fully saturated rings. The summed E-state index contributed by atoms with van der Waals surface area (Å²) in [7, 11) is -4.38. The average Bonchev–Trinajstić information content (AvgIpc) is 2.69. The molecule has 1 aliphatic carbocycles. The summed E-state index contributed by atoms with van der Waals surface area (Å²) in [5.41, 5.74) is -0.224. The highest BCUT2D eigenvalue weighted by atomic mass is 32.2. The molecule has 4 rings (SSSR count). The molecule has 1 N–H and O–H groups in total. The van der Waals surface area contributed by atoms with E-state index in [4.69, 9.17) is 0 Å². The Morgan fingerprint density at radius 3 is 1.79 bits per heavy atom. The minimum absolute atomic E-state index is 0.0477. The number of ketones is 2. The predicted octanol–water partition coefficient (Wildman–Crippen LogP) is 3.68. The van der Waals surface area contributed by atoms with Gasteiger partial charge in [-0.3, -0.25) is 14.3 Å². The fourth-order valence-corrected chi connectivity index (χ4v) is 4.14. The number of nitrogens with one attached hydrogen (secondary N) is 1. The van der Waals surface area contributed by atoms with E-state index in [-0.39, 0.29) is 22.3 Å². The molecule has 0 heterocycles. The highest BCUT2D eigenvalue weighted by Crippen LogP contribution is 2.29. The van der Waals surface area contributed by atoms with E-state index in [0.29, 0.717) is 12.1 Å². The van der Waals surface area contributed by atoms with Crippen molar-refractivity contribution in [3.05, 3.63) is 94.3 Å². The van der Waals surface area contributed by atoms with Gasteiger partial charge < -0.3 is 0 Å². The molecule has 146 valence electrons. The summed E-state index contributed by atoms with van der Waals surface area (Å²) in [5, 5.41) is 0. The Labute approximate surface area is 162 Å². The Morgan fingerprint density at radius 2 is 1.21 bits per heavy atom. The summed E-state index contributed by atoms with van der Waals surface area (Å²) in [5.74, 6) is -5.80. The lowest BCUT2D eigenvalue weighted by Gasteiger charge is -2.18. The van der Waals surface area contributed by atoms with Gasteiger partial charge in [0.2, 0.25) is 0 Å². The van der Waals surface area contributed by atoms with Gasteiger partial charge in [0.1, 0.15) is 0 Å². The number of rotatable bonds is 3. The number of carbonyl (C=O) groups is 2. The Balaban J connectivity index is 1.75. The van der Waals surface area contributed by atoms with Crippen molar-refractivity contribution < 1.29 is 31.2 Å². The number of hydrogen-bond donors (Lipinski definition) is 1. The molecule has 3 aromatic rings. The molecule has 3 aromatic carbocycles. The van der Waals surface area contributed by atoms with Crippen molar-refractivity contribution >= 4 is 27.3 Å². The van der Waals surface area contributed by atoms with Crippen molar-refractivity contribution in [1.82, 2.24) is 0 Å². The first-order chi connectivity index (χ1) is 13.7. The van der Waals surface area contributed by atoms with Crippen molar-refractivity contribution in [1.29, 1.82) is 0 Å². The molecular weight excluding hydrogens is 407 g/mol. The maximum atomic E-state index is 13.3. The van der Waals surface area contributed by atoms with E-state index in [1.165, 1.54) is 18.2 Å². The molecule has 0 radical (unpaired) electrons. The van der Waals surface area contributed by atoms with E-state index in [0.717, 1.165) is 12.1 Å². The van der Waals surface area contributed by atoms with Crippen LogP contribution in [-0.2, 0) is 10.0 Å². The molecule has 29 heavy (non-hydrogen) atoms. The second-order valence-corrected chi connectivity index (χ2v) is 7.95. The van der Waals surface area contributed by atoms with Gasteiger partial charge in [-0.1, -0.05) is 24.3 Å². The van der Waals surface area contributed by atoms with Gasteiger partial charge in [0, 0.05) is 34.4 Å². The maximum Gasteiger partial charge on any atom is 0.261 e. The number of sulfonamides is 1. The molecule has 0 bridgehead atoms. The maximum absolute atomic E-state index is 13.3. The summed E-state index contributed by atoms with van der Waals surface area (Å²) in [6, 6.07) is 10.4. The highest BCUT2D eigenvalue weighted by Gasteiger charge is 2.31. The number of halogens is 3. The SMILES string of the molecule is O=C1c2ccccc2C(=O)c2cc(S(=O)(=O)Nc3cc(F)c(F)c(F)c3)ccc21. The molecule has 0 amide bonds. The van der Waals surface area contributed by atoms with Crippen molar-refractivity contribution in [3.8, 4) is 0 Å². The van der Waals surface area contributed by atoms with E-state index < -0.39 is 49.6 Å². The molecule has 0 saturated heterocycles. The summed E-state index contributed by atoms with van der Waals surface area (Å²) >= 11 is 0. The lowest BCUT2D eigenvalue weighted by Crippen LogP contribution is -2.22. The monoisotopic (exact) mass is 417 g/mol. The van der Waals surface area contributed by atoms with Crippen molar-refractivity contribution in [2.45, 2.75) is 4.90 Å². The molecule has 0 spiro atoms. The van der Waals surface area contributed by atoms with E-state index in [1.54, 1.807) is 12.1 Å². The molecule has 0 aromatic heterocycles. The zero-order chi connectivity index (χ0) is 20.9. The van der Waals surface area contributed by atoms with Crippen LogP contribution in [0, 0.1) is 17.5 Å². The summed E-state index contributed by atoms with van der Waals surface area (Å²) in [6.07, 6.45) is 0. The van der Waals surface area contributed by atoms with Crippen LogP contribution in [0.5, 0.6) is 0 Å². The number of benzene rings is 3. The first kappa shape index (κ1) is 18.9. The van der Waals surface area contributed by atoms with Crippen molar-refractivity contribution in [3.63, 3.8) is 0 Å². The van der Waals surface area contributed by atoms with Crippen LogP contribution < -0.4 is 4.72 Å². The quantitative estimate of drug-likeness (QED) is 0.516. The van der Waals surface area contributed by atoms with Crippen LogP contribution in [0.1, 0.15) is 31.8 Å². The molecule has 0 unspecified atom stereocenters. The van der Waals surface area contributed by atoms with Gasteiger partial charge in [0.05, 0.1) is 10.6 Å². The van der Waals surface area contributed by atoms with Gasteiger partial charge in [-0.15, -0.1) is 0 Å². The summed E-state index contributed by atoms with van der Waals surface area (Å²) in [4.78, 5) is 24.9. The van der Waals surface area contributed by atoms with Gasteiger partial charge in [0.25, 0.3) is 10.0 Å². The van der Waals surface area contributed by atoms with Crippen molar-refractivity contribution in [2.75, 3.05) is 4.72 Å². The first-order valence-electron chi connectivity index (χ1n) is 8.19. The van der Waals surface area contributed by atoms with E-state index in [9.17, 15) is 31.2 Å². The minimum Gasteiger partial charge on any atom is -0.289 e. The molecule has 5 nitrogen and oxygen atoms in total. The topological polar surface area (TPSA) is 80.3 Å².